The molecule has 2 heterocycles. The van der Waals surface area contributed by atoms with Crippen molar-refractivity contribution in [3.63, 3.8) is 0 Å². The van der Waals surface area contributed by atoms with E-state index in [9.17, 15) is 14.0 Å². The Bertz CT molecular complexity index is 899. The lowest BCUT2D eigenvalue weighted by atomic mass is 9.77. The molecule has 33 heavy (non-hydrogen) atoms. The average Bonchev–Trinajstić information content (AvgIpc) is 2.88. The molecule has 2 aliphatic rings. The fourth-order valence-corrected chi connectivity index (χ4v) is 3.92. The van der Waals surface area contributed by atoms with E-state index in [4.69, 9.17) is 14.0 Å². The highest BCUT2D eigenvalue weighted by Crippen LogP contribution is 2.36. The third-order valence-corrected chi connectivity index (χ3v) is 6.53. The van der Waals surface area contributed by atoms with Crippen LogP contribution in [0.25, 0.3) is 0 Å². The number of nitrogens with zero attached hydrogens (tertiary/aromatic N) is 2. The van der Waals surface area contributed by atoms with Gasteiger partial charge in [0.2, 0.25) is 5.91 Å². The zero-order valence-corrected chi connectivity index (χ0v) is 21.0. The second kappa shape index (κ2) is 8.91. The fraction of sp³-hybridized carbons (Fsp3) is 0.667. The Morgan fingerprint density at radius 2 is 1.76 bits per heavy atom. The van der Waals surface area contributed by atoms with Gasteiger partial charge in [-0.25, -0.2) is 9.18 Å². The van der Waals surface area contributed by atoms with Crippen molar-refractivity contribution in [3.8, 4) is 0 Å². The normalized spacial score (nSPS) is 22.5. The number of amides is 2. The van der Waals surface area contributed by atoms with E-state index in [1.165, 1.54) is 6.07 Å². The first kappa shape index (κ1) is 25.5. The summed E-state index contributed by atoms with van der Waals surface area (Å²) in [5, 5.41) is 0. The summed E-state index contributed by atoms with van der Waals surface area (Å²) in [7, 11) is -0.831. The van der Waals surface area contributed by atoms with Gasteiger partial charge in [-0.15, -0.1) is 0 Å². The number of rotatable bonds is 3. The van der Waals surface area contributed by atoms with Gasteiger partial charge in [0.15, 0.2) is 0 Å². The highest BCUT2D eigenvalue weighted by atomic mass is 19.1. The average molecular weight is 462 g/mol. The summed E-state index contributed by atoms with van der Waals surface area (Å²) in [6.07, 6.45) is -0.237. The van der Waals surface area contributed by atoms with Gasteiger partial charge in [-0.1, -0.05) is 12.1 Å². The molecule has 3 rings (SSSR count). The van der Waals surface area contributed by atoms with E-state index >= 15 is 0 Å². The lowest BCUT2D eigenvalue weighted by Gasteiger charge is -2.40. The minimum Gasteiger partial charge on any atom is -0.444 e. The van der Waals surface area contributed by atoms with Crippen LogP contribution in [0, 0.1) is 5.82 Å². The van der Waals surface area contributed by atoms with Gasteiger partial charge >= 0.3 is 13.2 Å². The molecule has 9 heteroatoms. The predicted molar refractivity (Wildman–Crippen MR) is 125 cm³/mol. The number of hydrogen-bond acceptors (Lipinski definition) is 5. The van der Waals surface area contributed by atoms with Crippen molar-refractivity contribution in [3.05, 3.63) is 29.6 Å². The van der Waals surface area contributed by atoms with Crippen LogP contribution in [0.15, 0.2) is 18.2 Å². The fourth-order valence-electron chi connectivity index (χ4n) is 3.92. The Labute approximate surface area is 196 Å². The molecule has 0 radical (unpaired) electrons. The van der Waals surface area contributed by atoms with Crippen LogP contribution >= 0.6 is 0 Å². The van der Waals surface area contributed by atoms with Crippen molar-refractivity contribution in [2.45, 2.75) is 84.7 Å². The first-order valence-corrected chi connectivity index (χ1v) is 11.5. The van der Waals surface area contributed by atoms with Gasteiger partial charge in [0.25, 0.3) is 0 Å². The highest BCUT2D eigenvalue weighted by Gasteiger charge is 2.52. The quantitative estimate of drug-likeness (QED) is 0.646. The van der Waals surface area contributed by atoms with Gasteiger partial charge in [-0.3, -0.25) is 4.79 Å². The largest absolute Gasteiger partial charge is 0.497 e. The zero-order chi connectivity index (χ0) is 24.8. The van der Waals surface area contributed by atoms with Crippen molar-refractivity contribution in [2.75, 3.05) is 19.6 Å². The highest BCUT2D eigenvalue weighted by molar-refractivity contribution is 6.62. The monoisotopic (exact) mass is 462 g/mol. The predicted octanol–water partition coefficient (Wildman–Crippen LogP) is 3.14. The molecule has 2 fully saturated rings. The Balaban J connectivity index is 1.65. The summed E-state index contributed by atoms with van der Waals surface area (Å²) < 4.78 is 32.0. The van der Waals surface area contributed by atoms with Crippen LogP contribution < -0.4 is 5.46 Å². The van der Waals surface area contributed by atoms with Gasteiger partial charge in [0.1, 0.15) is 11.4 Å². The lowest BCUT2D eigenvalue weighted by Crippen LogP contribution is -2.56. The van der Waals surface area contributed by atoms with Crippen LogP contribution in [0.4, 0.5) is 9.18 Å². The van der Waals surface area contributed by atoms with Crippen LogP contribution in [0.3, 0.4) is 0 Å². The van der Waals surface area contributed by atoms with Crippen molar-refractivity contribution in [1.82, 2.24) is 9.80 Å². The Morgan fingerprint density at radius 1 is 1.15 bits per heavy atom. The molecule has 0 aliphatic carbocycles. The van der Waals surface area contributed by atoms with Crippen LogP contribution in [0.1, 0.15) is 61.0 Å². The number of benzene rings is 1. The molecule has 1 aromatic carbocycles. The Morgan fingerprint density at radius 3 is 2.30 bits per heavy atom. The van der Waals surface area contributed by atoms with E-state index in [1.807, 2.05) is 55.4 Å². The number of halogens is 1. The van der Waals surface area contributed by atoms with Crippen LogP contribution in [-0.2, 0) is 25.3 Å². The molecule has 7 nitrogen and oxygen atoms in total. The molecule has 1 unspecified atom stereocenters. The van der Waals surface area contributed by atoms with Crippen LogP contribution in [0.5, 0.6) is 0 Å². The molecule has 1 aromatic rings. The van der Waals surface area contributed by atoms with Crippen molar-refractivity contribution in [2.24, 2.45) is 0 Å². The zero-order valence-electron chi connectivity index (χ0n) is 21.0. The smallest absolute Gasteiger partial charge is 0.444 e. The molecule has 2 aliphatic heterocycles. The maximum Gasteiger partial charge on any atom is 0.497 e. The van der Waals surface area contributed by atoms with E-state index in [0.29, 0.717) is 30.7 Å². The standard InChI is InChI=1S/C24H36BFN2O5/c1-16-15-27(11-12-28(16)21(30)31-22(2,3)4)20(29)14-17-9-10-19(26)18(13-17)25-32-23(5,6)24(7,8)33-25/h9-10,13,16H,11-12,14-15H2,1-8H3. The summed E-state index contributed by atoms with van der Waals surface area (Å²) in [6.45, 7) is 16.3. The third-order valence-electron chi connectivity index (χ3n) is 6.53. The third kappa shape index (κ3) is 5.69. The number of hydrogen-bond donors (Lipinski definition) is 0. The van der Waals surface area contributed by atoms with Crippen LogP contribution in [0.2, 0.25) is 0 Å². The van der Waals surface area contributed by atoms with E-state index in [0.717, 1.165) is 0 Å². The van der Waals surface area contributed by atoms with Crippen molar-refractivity contribution in [1.29, 1.82) is 0 Å². The first-order chi connectivity index (χ1) is 15.1. The number of ether oxygens (including phenoxy) is 1. The molecule has 2 amide bonds. The second-order valence-electron chi connectivity index (χ2n) is 11.0. The van der Waals surface area contributed by atoms with Gasteiger partial charge in [-0.2, -0.15) is 0 Å². The number of carbonyl (C=O) groups is 2. The van der Waals surface area contributed by atoms with Gasteiger partial charge in [0, 0.05) is 31.1 Å². The maximum absolute atomic E-state index is 14.6. The second-order valence-corrected chi connectivity index (χ2v) is 11.0. The van der Waals surface area contributed by atoms with Crippen molar-refractivity contribution < 1.29 is 28.0 Å². The maximum atomic E-state index is 14.6. The first-order valence-electron chi connectivity index (χ1n) is 11.5. The minimum atomic E-state index is -0.831. The van der Waals surface area contributed by atoms with Gasteiger partial charge in [0.05, 0.1) is 17.6 Å². The SMILES string of the molecule is CC1CN(C(=O)Cc2ccc(F)c(B3OC(C)(C)C(C)(C)O3)c2)CCN1C(=O)OC(C)(C)C. The van der Waals surface area contributed by atoms with E-state index in [1.54, 1.807) is 21.9 Å². The summed E-state index contributed by atoms with van der Waals surface area (Å²) in [4.78, 5) is 28.8. The molecule has 2 saturated heterocycles. The topological polar surface area (TPSA) is 68.3 Å². The van der Waals surface area contributed by atoms with E-state index in [2.05, 4.69) is 0 Å². The molecule has 0 spiro atoms. The molecule has 182 valence electrons. The lowest BCUT2D eigenvalue weighted by molar-refractivity contribution is -0.133. The molecular formula is C24H36BFN2O5. The molecular weight excluding hydrogens is 426 g/mol. The Kier molecular flexibility index (Phi) is 6.88. The van der Waals surface area contributed by atoms with Gasteiger partial charge in [-0.05, 0) is 67.0 Å². The van der Waals surface area contributed by atoms with Crippen LogP contribution in [-0.4, -0.2) is 71.4 Å². The molecule has 0 aromatic heterocycles. The Hall–Kier alpha value is -2.13. The van der Waals surface area contributed by atoms with Crippen molar-refractivity contribution >= 4 is 24.6 Å². The summed E-state index contributed by atoms with van der Waals surface area (Å²) >= 11 is 0. The van der Waals surface area contributed by atoms with Gasteiger partial charge < -0.3 is 23.8 Å². The molecule has 0 bridgehead atoms. The molecule has 0 saturated carbocycles. The molecule has 1 atom stereocenters. The summed E-state index contributed by atoms with van der Waals surface area (Å²) in [5.74, 6) is -0.499. The summed E-state index contributed by atoms with van der Waals surface area (Å²) in [6, 6.07) is 4.45. The van der Waals surface area contributed by atoms with E-state index < -0.39 is 29.7 Å². The summed E-state index contributed by atoms with van der Waals surface area (Å²) in [5.41, 5.74) is -0.753. The number of piperazine rings is 1. The minimum absolute atomic E-state index is 0.0721. The van der Waals surface area contributed by atoms with E-state index in [-0.39, 0.29) is 24.5 Å². The molecule has 0 N–H and O–H groups in total. The number of carbonyl (C=O) groups excluding carboxylic acids is 2.